The molecular formula is C20H18Cl2FN3O2. The Bertz CT molecular complexity index is 991. The number of hydrogen-bond donors (Lipinski definition) is 1. The van der Waals surface area contributed by atoms with Gasteiger partial charge in [0.25, 0.3) is 0 Å². The lowest BCUT2D eigenvalue weighted by Gasteiger charge is -2.11. The number of nitrogens with zero attached hydrogens (tertiary/aromatic N) is 2. The van der Waals surface area contributed by atoms with Crippen molar-refractivity contribution in [1.82, 2.24) is 9.78 Å². The van der Waals surface area contributed by atoms with E-state index in [1.807, 2.05) is 6.07 Å². The van der Waals surface area contributed by atoms with E-state index in [1.54, 1.807) is 41.2 Å². The Morgan fingerprint density at radius 1 is 1.25 bits per heavy atom. The SMILES string of the molecule is COc1ccc(CCC(=O)Nc2ccnn2Cc2cccc(Cl)c2Cl)cc1F. The summed E-state index contributed by atoms with van der Waals surface area (Å²) >= 11 is 12.3. The van der Waals surface area contributed by atoms with Crippen molar-refractivity contribution in [1.29, 1.82) is 0 Å². The Balaban J connectivity index is 1.61. The lowest BCUT2D eigenvalue weighted by molar-refractivity contribution is -0.116. The molecule has 0 radical (unpaired) electrons. The van der Waals surface area contributed by atoms with Gasteiger partial charge in [-0.3, -0.25) is 4.79 Å². The number of amides is 1. The first-order chi connectivity index (χ1) is 13.5. The molecule has 1 N–H and O–H groups in total. The molecule has 0 fully saturated rings. The monoisotopic (exact) mass is 421 g/mol. The number of carbonyl (C=O) groups excluding carboxylic acids is 1. The second-order valence-electron chi connectivity index (χ2n) is 6.10. The van der Waals surface area contributed by atoms with E-state index in [0.29, 0.717) is 34.4 Å². The molecule has 3 aromatic rings. The summed E-state index contributed by atoms with van der Waals surface area (Å²) in [7, 11) is 1.41. The van der Waals surface area contributed by atoms with Crippen molar-refractivity contribution in [2.75, 3.05) is 12.4 Å². The van der Waals surface area contributed by atoms with Gasteiger partial charge in [-0.25, -0.2) is 9.07 Å². The first-order valence-corrected chi connectivity index (χ1v) is 9.30. The summed E-state index contributed by atoms with van der Waals surface area (Å²) in [5.74, 6) is 0.0748. The molecule has 0 saturated heterocycles. The van der Waals surface area contributed by atoms with Gasteiger partial charge in [0, 0.05) is 12.5 Å². The van der Waals surface area contributed by atoms with Gasteiger partial charge >= 0.3 is 0 Å². The van der Waals surface area contributed by atoms with Crippen molar-refractivity contribution in [2.45, 2.75) is 19.4 Å². The number of hydrogen-bond acceptors (Lipinski definition) is 3. The van der Waals surface area contributed by atoms with E-state index in [0.717, 1.165) is 5.56 Å². The molecule has 146 valence electrons. The maximum atomic E-state index is 13.7. The van der Waals surface area contributed by atoms with Gasteiger partial charge in [-0.1, -0.05) is 41.4 Å². The number of nitrogens with one attached hydrogen (secondary N) is 1. The highest BCUT2D eigenvalue weighted by Gasteiger charge is 2.11. The van der Waals surface area contributed by atoms with Crippen LogP contribution in [0.15, 0.2) is 48.7 Å². The topological polar surface area (TPSA) is 56.1 Å². The normalized spacial score (nSPS) is 10.7. The molecular weight excluding hydrogens is 404 g/mol. The molecule has 0 atom stereocenters. The number of anilines is 1. The van der Waals surface area contributed by atoms with Crippen molar-refractivity contribution in [3.63, 3.8) is 0 Å². The second kappa shape index (κ2) is 9.08. The lowest BCUT2D eigenvalue weighted by atomic mass is 10.1. The second-order valence-corrected chi connectivity index (χ2v) is 6.89. The maximum absolute atomic E-state index is 13.7. The van der Waals surface area contributed by atoms with Crippen LogP contribution in [0.25, 0.3) is 0 Å². The Morgan fingerprint density at radius 2 is 2.07 bits per heavy atom. The van der Waals surface area contributed by atoms with Crippen LogP contribution in [0.2, 0.25) is 10.0 Å². The fourth-order valence-corrected chi connectivity index (χ4v) is 3.11. The average Bonchev–Trinajstić information content (AvgIpc) is 3.10. The van der Waals surface area contributed by atoms with Crippen LogP contribution in [0.3, 0.4) is 0 Å². The van der Waals surface area contributed by atoms with Crippen molar-refractivity contribution in [3.8, 4) is 5.75 Å². The van der Waals surface area contributed by atoms with Crippen molar-refractivity contribution in [2.24, 2.45) is 0 Å². The van der Waals surface area contributed by atoms with Crippen LogP contribution in [0.5, 0.6) is 5.75 Å². The Labute approximate surface area is 172 Å². The van der Waals surface area contributed by atoms with Crippen LogP contribution in [0.4, 0.5) is 10.2 Å². The zero-order valence-corrected chi connectivity index (χ0v) is 16.6. The van der Waals surface area contributed by atoms with Crippen LogP contribution in [-0.2, 0) is 17.8 Å². The van der Waals surface area contributed by atoms with E-state index in [2.05, 4.69) is 10.4 Å². The van der Waals surface area contributed by atoms with Gasteiger partial charge in [-0.2, -0.15) is 5.10 Å². The molecule has 8 heteroatoms. The molecule has 3 rings (SSSR count). The number of ether oxygens (including phenoxy) is 1. The van der Waals surface area contributed by atoms with E-state index in [9.17, 15) is 9.18 Å². The molecule has 5 nitrogen and oxygen atoms in total. The highest BCUT2D eigenvalue weighted by molar-refractivity contribution is 6.42. The molecule has 0 saturated carbocycles. The summed E-state index contributed by atoms with van der Waals surface area (Å²) in [4.78, 5) is 12.3. The zero-order chi connectivity index (χ0) is 20.1. The van der Waals surface area contributed by atoms with Gasteiger partial charge in [0.1, 0.15) is 5.82 Å². The molecule has 1 heterocycles. The minimum Gasteiger partial charge on any atom is -0.494 e. The fraction of sp³-hybridized carbons (Fsp3) is 0.200. The Kier molecular flexibility index (Phi) is 6.54. The van der Waals surface area contributed by atoms with Crippen LogP contribution in [0.1, 0.15) is 17.5 Å². The molecule has 0 unspecified atom stereocenters. The van der Waals surface area contributed by atoms with Gasteiger partial charge < -0.3 is 10.1 Å². The zero-order valence-electron chi connectivity index (χ0n) is 15.1. The first-order valence-electron chi connectivity index (χ1n) is 8.55. The Hall–Kier alpha value is -2.57. The highest BCUT2D eigenvalue weighted by Crippen LogP contribution is 2.26. The predicted molar refractivity (Wildman–Crippen MR) is 108 cm³/mol. The molecule has 0 spiro atoms. The molecule has 0 aliphatic rings. The molecule has 0 aliphatic heterocycles. The number of carbonyl (C=O) groups is 1. The van der Waals surface area contributed by atoms with Gasteiger partial charge in [-0.05, 0) is 35.7 Å². The molecule has 1 aromatic heterocycles. The quantitative estimate of drug-likeness (QED) is 0.586. The van der Waals surface area contributed by atoms with Crippen molar-refractivity contribution in [3.05, 3.63) is 75.7 Å². The Morgan fingerprint density at radius 3 is 2.82 bits per heavy atom. The van der Waals surface area contributed by atoms with Gasteiger partial charge in [0.2, 0.25) is 5.91 Å². The van der Waals surface area contributed by atoms with Crippen molar-refractivity contribution < 1.29 is 13.9 Å². The fourth-order valence-electron chi connectivity index (χ4n) is 2.73. The summed E-state index contributed by atoms with van der Waals surface area (Å²) in [6.45, 7) is 0.367. The smallest absolute Gasteiger partial charge is 0.225 e. The average molecular weight is 422 g/mol. The third-order valence-electron chi connectivity index (χ3n) is 4.19. The number of aryl methyl sites for hydroxylation is 1. The van der Waals surface area contributed by atoms with Crippen molar-refractivity contribution >= 4 is 34.9 Å². The summed E-state index contributed by atoms with van der Waals surface area (Å²) in [6, 6.07) is 11.7. The minimum atomic E-state index is -0.447. The van der Waals surface area contributed by atoms with Crippen LogP contribution in [0, 0.1) is 5.82 Å². The van der Waals surface area contributed by atoms with Gasteiger partial charge in [-0.15, -0.1) is 0 Å². The summed E-state index contributed by atoms with van der Waals surface area (Å²) in [5, 5.41) is 7.96. The molecule has 28 heavy (non-hydrogen) atoms. The molecule has 1 amide bonds. The summed E-state index contributed by atoms with van der Waals surface area (Å²) in [5.41, 5.74) is 1.51. The number of aromatic nitrogens is 2. The van der Waals surface area contributed by atoms with E-state index >= 15 is 0 Å². The third kappa shape index (κ3) is 4.82. The minimum absolute atomic E-state index is 0.178. The largest absolute Gasteiger partial charge is 0.494 e. The molecule has 2 aromatic carbocycles. The summed E-state index contributed by atoms with van der Waals surface area (Å²) < 4.78 is 20.3. The van der Waals surface area contributed by atoms with E-state index in [-0.39, 0.29) is 18.1 Å². The summed E-state index contributed by atoms with van der Waals surface area (Å²) in [6.07, 6.45) is 2.20. The molecule has 0 aliphatic carbocycles. The third-order valence-corrected chi connectivity index (χ3v) is 5.05. The standard InChI is InChI=1S/C20H18Cl2FN3O2/c1-28-17-7-5-13(11-16(17)23)6-8-19(27)25-18-9-10-24-26(18)12-14-3-2-4-15(21)20(14)22/h2-5,7,9-11H,6,8,12H2,1H3,(H,25,27). The number of benzene rings is 2. The van der Waals surface area contributed by atoms with E-state index in [1.165, 1.54) is 13.2 Å². The van der Waals surface area contributed by atoms with Crippen LogP contribution < -0.4 is 10.1 Å². The highest BCUT2D eigenvalue weighted by atomic mass is 35.5. The lowest BCUT2D eigenvalue weighted by Crippen LogP contribution is -2.16. The van der Waals surface area contributed by atoms with Gasteiger partial charge in [0.15, 0.2) is 11.6 Å². The maximum Gasteiger partial charge on any atom is 0.225 e. The number of rotatable bonds is 7. The first kappa shape index (κ1) is 20.2. The van der Waals surface area contributed by atoms with E-state index in [4.69, 9.17) is 27.9 Å². The predicted octanol–water partition coefficient (Wildman–Crippen LogP) is 4.96. The van der Waals surface area contributed by atoms with Crippen LogP contribution >= 0.6 is 23.2 Å². The van der Waals surface area contributed by atoms with E-state index < -0.39 is 5.82 Å². The van der Waals surface area contributed by atoms with Crippen LogP contribution in [-0.4, -0.2) is 22.8 Å². The number of methoxy groups -OCH3 is 1. The molecule has 0 bridgehead atoms. The van der Waals surface area contributed by atoms with Gasteiger partial charge in [0.05, 0.1) is 29.9 Å². The number of halogens is 3.